The predicted octanol–water partition coefficient (Wildman–Crippen LogP) is 19.9. The fraction of sp³-hybridized carbons (Fsp3) is 0.734. The van der Waals surface area contributed by atoms with Gasteiger partial charge in [-0.2, -0.15) is 0 Å². The summed E-state index contributed by atoms with van der Waals surface area (Å²) in [5.74, 6) is -0.902. The monoisotopic (exact) mass is 975 g/mol. The van der Waals surface area contributed by atoms with Crippen LogP contribution in [0.3, 0.4) is 0 Å². The lowest BCUT2D eigenvalue weighted by Gasteiger charge is -2.18. The first-order valence-electron chi connectivity index (χ1n) is 29.6. The molecule has 0 bridgehead atoms. The molecule has 0 aliphatic heterocycles. The Morgan fingerprint density at radius 3 is 0.886 bits per heavy atom. The van der Waals surface area contributed by atoms with Crippen molar-refractivity contribution >= 4 is 17.9 Å². The van der Waals surface area contributed by atoms with Crippen LogP contribution in [0, 0.1) is 0 Å². The van der Waals surface area contributed by atoms with Crippen LogP contribution in [0.25, 0.3) is 0 Å². The summed E-state index contributed by atoms with van der Waals surface area (Å²) >= 11 is 0. The third-order valence-electron chi connectivity index (χ3n) is 12.6. The molecule has 1 atom stereocenters. The van der Waals surface area contributed by atoms with Crippen molar-refractivity contribution in [3.8, 4) is 0 Å². The molecule has 0 aromatic carbocycles. The first-order valence-corrected chi connectivity index (χ1v) is 29.6. The minimum absolute atomic E-state index is 0.0803. The predicted molar refractivity (Wildman–Crippen MR) is 302 cm³/mol. The van der Waals surface area contributed by atoms with E-state index in [0.717, 1.165) is 122 Å². The van der Waals surface area contributed by atoms with Crippen LogP contribution < -0.4 is 0 Å². The zero-order valence-corrected chi connectivity index (χ0v) is 46.0. The molecule has 402 valence electrons. The highest BCUT2D eigenvalue weighted by Crippen LogP contribution is 2.16. The van der Waals surface area contributed by atoms with Crippen LogP contribution in [0.1, 0.15) is 284 Å². The lowest BCUT2D eigenvalue weighted by atomic mass is 10.0. The minimum atomic E-state index is -0.778. The van der Waals surface area contributed by atoms with E-state index in [1.807, 2.05) is 0 Å². The second kappa shape index (κ2) is 58.2. The van der Waals surface area contributed by atoms with Crippen molar-refractivity contribution in [2.45, 2.75) is 290 Å². The molecule has 0 saturated carbocycles. The quantitative estimate of drug-likeness (QED) is 0.0261. The Morgan fingerprint density at radius 2 is 0.557 bits per heavy atom. The number of rotatable bonds is 53. The first-order chi connectivity index (χ1) is 34.5. The van der Waals surface area contributed by atoms with Gasteiger partial charge in [-0.05, 0) is 96.3 Å². The Balaban J connectivity index is 4.01. The third kappa shape index (κ3) is 55.5. The van der Waals surface area contributed by atoms with Crippen LogP contribution in [0.4, 0.5) is 0 Å². The van der Waals surface area contributed by atoms with Crippen LogP contribution in [-0.2, 0) is 28.6 Å². The normalized spacial score (nSPS) is 12.7. The average Bonchev–Trinajstić information content (AvgIpc) is 3.36. The number of ether oxygens (including phenoxy) is 3. The molecule has 6 heteroatoms. The number of carbonyl (C=O) groups is 3. The molecule has 0 aromatic heterocycles. The molecule has 0 rings (SSSR count). The summed E-state index contributed by atoms with van der Waals surface area (Å²) in [4.78, 5) is 37.8. The highest BCUT2D eigenvalue weighted by atomic mass is 16.6. The van der Waals surface area contributed by atoms with Crippen molar-refractivity contribution in [2.24, 2.45) is 0 Å². The molecule has 0 saturated heterocycles. The van der Waals surface area contributed by atoms with Gasteiger partial charge in [0.25, 0.3) is 0 Å². The molecule has 0 aliphatic rings. The summed E-state index contributed by atoms with van der Waals surface area (Å²) in [7, 11) is 0. The van der Waals surface area contributed by atoms with E-state index in [1.165, 1.54) is 122 Å². The third-order valence-corrected chi connectivity index (χ3v) is 12.6. The first kappa shape index (κ1) is 66.6. The lowest BCUT2D eigenvalue weighted by Crippen LogP contribution is -2.30. The van der Waals surface area contributed by atoms with Gasteiger partial charge >= 0.3 is 17.9 Å². The van der Waals surface area contributed by atoms with Crippen LogP contribution >= 0.6 is 0 Å². The lowest BCUT2D eigenvalue weighted by molar-refractivity contribution is -0.167. The maximum absolute atomic E-state index is 12.8. The number of allylic oxidation sites excluding steroid dienone is 14. The van der Waals surface area contributed by atoms with E-state index in [-0.39, 0.29) is 31.1 Å². The van der Waals surface area contributed by atoms with Crippen molar-refractivity contribution in [3.63, 3.8) is 0 Å². The van der Waals surface area contributed by atoms with E-state index < -0.39 is 6.10 Å². The zero-order chi connectivity index (χ0) is 50.7. The summed E-state index contributed by atoms with van der Waals surface area (Å²) in [6.07, 6.45) is 76.3. The van der Waals surface area contributed by atoms with E-state index in [2.05, 4.69) is 106 Å². The van der Waals surface area contributed by atoms with Gasteiger partial charge in [0.1, 0.15) is 13.2 Å². The van der Waals surface area contributed by atoms with Crippen LogP contribution in [0.5, 0.6) is 0 Å². The molecule has 0 heterocycles. The van der Waals surface area contributed by atoms with Crippen molar-refractivity contribution in [1.82, 2.24) is 0 Å². The Kier molecular flexibility index (Phi) is 55.3. The Hall–Kier alpha value is -3.41. The zero-order valence-electron chi connectivity index (χ0n) is 46.0. The molecule has 0 N–H and O–H groups in total. The van der Waals surface area contributed by atoms with E-state index in [0.29, 0.717) is 19.3 Å². The van der Waals surface area contributed by atoms with Crippen LogP contribution in [0.15, 0.2) is 85.1 Å². The van der Waals surface area contributed by atoms with Gasteiger partial charge < -0.3 is 14.2 Å². The Morgan fingerprint density at radius 1 is 0.300 bits per heavy atom. The van der Waals surface area contributed by atoms with Gasteiger partial charge in [-0.1, -0.05) is 254 Å². The molecule has 6 nitrogen and oxygen atoms in total. The highest BCUT2D eigenvalue weighted by Gasteiger charge is 2.19. The van der Waals surface area contributed by atoms with Gasteiger partial charge in [0.15, 0.2) is 6.10 Å². The van der Waals surface area contributed by atoms with Gasteiger partial charge in [-0.15, -0.1) is 0 Å². The Bertz CT molecular complexity index is 1350. The van der Waals surface area contributed by atoms with E-state index in [4.69, 9.17) is 14.2 Å². The number of esters is 3. The van der Waals surface area contributed by atoms with Crippen molar-refractivity contribution in [1.29, 1.82) is 0 Å². The molecule has 0 amide bonds. The van der Waals surface area contributed by atoms with Gasteiger partial charge in [-0.3, -0.25) is 14.4 Å². The molecule has 70 heavy (non-hydrogen) atoms. The molecular weight excluding hydrogens is 865 g/mol. The minimum Gasteiger partial charge on any atom is -0.462 e. The van der Waals surface area contributed by atoms with E-state index in [1.54, 1.807) is 0 Å². The fourth-order valence-electron chi connectivity index (χ4n) is 8.21. The number of hydrogen-bond acceptors (Lipinski definition) is 6. The second-order valence-corrected chi connectivity index (χ2v) is 19.5. The second-order valence-electron chi connectivity index (χ2n) is 19.5. The summed E-state index contributed by atoms with van der Waals surface area (Å²) in [5, 5.41) is 0. The summed E-state index contributed by atoms with van der Waals surface area (Å²) in [5.41, 5.74) is 0. The van der Waals surface area contributed by atoms with Crippen LogP contribution in [0.2, 0.25) is 0 Å². The number of hydrogen-bond donors (Lipinski definition) is 0. The molecule has 0 aliphatic carbocycles. The molecule has 0 aromatic rings. The topological polar surface area (TPSA) is 78.9 Å². The SMILES string of the molecule is CC/C=C\C/C=C\C/C=C\C/C=C\C/C=C\CCCCCCCCCCCCCCCCCC(=O)OCC(COC(=O)CCCCCCC)OC(=O)CCCCCCC/C=C\C/C=C\CCCCCC. The number of carbonyl (C=O) groups excluding carboxylic acids is 3. The number of unbranched alkanes of at least 4 members (excludes halogenated alkanes) is 28. The maximum Gasteiger partial charge on any atom is 0.306 e. The average molecular weight is 976 g/mol. The van der Waals surface area contributed by atoms with Crippen molar-refractivity contribution < 1.29 is 28.6 Å². The summed E-state index contributed by atoms with van der Waals surface area (Å²) < 4.78 is 16.7. The largest absolute Gasteiger partial charge is 0.462 e. The molecule has 0 spiro atoms. The van der Waals surface area contributed by atoms with Gasteiger partial charge in [-0.25, -0.2) is 0 Å². The van der Waals surface area contributed by atoms with Crippen LogP contribution in [-0.4, -0.2) is 37.2 Å². The van der Waals surface area contributed by atoms with Gasteiger partial charge in [0, 0.05) is 19.3 Å². The molecule has 1 unspecified atom stereocenters. The van der Waals surface area contributed by atoms with E-state index >= 15 is 0 Å². The van der Waals surface area contributed by atoms with E-state index in [9.17, 15) is 14.4 Å². The fourth-order valence-corrected chi connectivity index (χ4v) is 8.21. The van der Waals surface area contributed by atoms with Gasteiger partial charge in [0.05, 0.1) is 0 Å². The summed E-state index contributed by atoms with van der Waals surface area (Å²) in [6.45, 7) is 6.42. The van der Waals surface area contributed by atoms with Gasteiger partial charge in [0.2, 0.25) is 0 Å². The standard InChI is InChI=1S/C64H110O6/c1-4-7-10-13-15-17-19-21-23-25-26-27-28-29-30-31-32-33-34-35-36-37-38-39-41-42-44-46-48-51-54-57-63(66)69-60-61(59-68-62(65)56-53-50-12-9-6-3)70-64(67)58-55-52-49-47-45-43-40-24-22-20-18-16-14-11-8-5-2/h7,10,15,17-18,20-21,23-24,26-27,29-30,40,61H,4-6,8-9,11-14,16,19,22,25,28,31-39,41-60H2,1-3H3/b10-7-,17-15-,20-18-,23-21-,27-26-,30-29-,40-24-. The summed E-state index contributed by atoms with van der Waals surface area (Å²) in [6, 6.07) is 0. The Labute approximate surface area is 433 Å². The van der Waals surface area contributed by atoms with Crippen molar-refractivity contribution in [3.05, 3.63) is 85.1 Å². The smallest absolute Gasteiger partial charge is 0.306 e. The molecule has 0 fully saturated rings. The van der Waals surface area contributed by atoms with Crippen molar-refractivity contribution in [2.75, 3.05) is 13.2 Å². The maximum atomic E-state index is 12.8. The highest BCUT2D eigenvalue weighted by molar-refractivity contribution is 5.71. The molecule has 0 radical (unpaired) electrons. The molecular formula is C64H110O6.